The third kappa shape index (κ3) is 3.97. The van der Waals surface area contributed by atoms with Gasteiger partial charge < -0.3 is 10.1 Å². The summed E-state index contributed by atoms with van der Waals surface area (Å²) in [6.45, 7) is 0.741. The van der Waals surface area contributed by atoms with Crippen LogP contribution in [0.1, 0.15) is 10.4 Å². The van der Waals surface area contributed by atoms with E-state index in [1.165, 1.54) is 25.3 Å². The van der Waals surface area contributed by atoms with Gasteiger partial charge in [0.05, 0.1) is 16.5 Å². The van der Waals surface area contributed by atoms with E-state index in [9.17, 15) is 13.2 Å². The Balaban J connectivity index is 2.95. The number of amides is 1. The van der Waals surface area contributed by atoms with Gasteiger partial charge in [0.15, 0.2) is 9.84 Å². The maximum Gasteiger partial charge on any atom is 0.251 e. The van der Waals surface area contributed by atoms with Crippen molar-refractivity contribution in [1.29, 1.82) is 0 Å². The van der Waals surface area contributed by atoms with Gasteiger partial charge in [-0.05, 0) is 18.2 Å². The number of hydrogen-bond acceptors (Lipinski definition) is 4. The lowest BCUT2D eigenvalue weighted by Gasteiger charge is -2.07. The van der Waals surface area contributed by atoms with Crippen molar-refractivity contribution in [3.8, 4) is 0 Å². The predicted octanol–water partition coefficient (Wildman–Crippen LogP) is 1.12. The largest absolute Gasteiger partial charge is 0.383 e. The molecule has 18 heavy (non-hydrogen) atoms. The van der Waals surface area contributed by atoms with E-state index in [0.717, 1.165) is 6.26 Å². The van der Waals surface area contributed by atoms with Crippen molar-refractivity contribution in [2.45, 2.75) is 4.90 Å². The number of nitrogens with one attached hydrogen (secondary N) is 1. The van der Waals surface area contributed by atoms with Crippen LogP contribution < -0.4 is 5.32 Å². The summed E-state index contributed by atoms with van der Waals surface area (Å²) in [5.41, 5.74) is 0.246. The fourth-order valence-electron chi connectivity index (χ4n) is 1.30. The molecule has 1 aromatic rings. The van der Waals surface area contributed by atoms with Gasteiger partial charge >= 0.3 is 0 Å². The SMILES string of the molecule is COCCNC(=O)c1ccc(Cl)c(S(C)(=O)=O)c1. The summed E-state index contributed by atoms with van der Waals surface area (Å²) < 4.78 is 27.7. The van der Waals surface area contributed by atoms with Crippen molar-refractivity contribution in [2.24, 2.45) is 0 Å². The lowest BCUT2D eigenvalue weighted by atomic mass is 10.2. The first-order valence-electron chi connectivity index (χ1n) is 5.13. The molecule has 0 bridgehead atoms. The van der Waals surface area contributed by atoms with Gasteiger partial charge in [0, 0.05) is 25.5 Å². The molecule has 0 heterocycles. The predicted molar refractivity (Wildman–Crippen MR) is 68.8 cm³/mol. The molecule has 0 saturated carbocycles. The van der Waals surface area contributed by atoms with Crippen LogP contribution in [0.5, 0.6) is 0 Å². The van der Waals surface area contributed by atoms with E-state index in [-0.39, 0.29) is 21.4 Å². The minimum atomic E-state index is -3.45. The third-order valence-electron chi connectivity index (χ3n) is 2.18. The lowest BCUT2D eigenvalue weighted by molar-refractivity contribution is 0.0937. The van der Waals surface area contributed by atoms with Gasteiger partial charge in [-0.25, -0.2) is 8.42 Å². The summed E-state index contributed by atoms with van der Waals surface area (Å²) in [5, 5.41) is 2.70. The van der Waals surface area contributed by atoms with Crippen LogP contribution in [0.3, 0.4) is 0 Å². The maximum absolute atomic E-state index is 11.7. The van der Waals surface area contributed by atoms with E-state index in [2.05, 4.69) is 5.32 Å². The van der Waals surface area contributed by atoms with E-state index in [4.69, 9.17) is 16.3 Å². The number of methoxy groups -OCH3 is 1. The second kappa shape index (κ2) is 6.17. The smallest absolute Gasteiger partial charge is 0.251 e. The minimum Gasteiger partial charge on any atom is -0.383 e. The topological polar surface area (TPSA) is 72.5 Å². The molecular weight excluding hydrogens is 278 g/mol. The standard InChI is InChI=1S/C11H14ClNO4S/c1-17-6-5-13-11(14)8-3-4-9(12)10(7-8)18(2,15)16/h3-4,7H,5-6H2,1-2H3,(H,13,14). The maximum atomic E-state index is 11.7. The molecule has 0 aromatic heterocycles. The summed E-state index contributed by atoms with van der Waals surface area (Å²) in [6.07, 6.45) is 1.04. The normalized spacial score (nSPS) is 11.3. The van der Waals surface area contributed by atoms with E-state index < -0.39 is 9.84 Å². The van der Waals surface area contributed by atoms with Gasteiger partial charge in [-0.2, -0.15) is 0 Å². The summed E-state index contributed by atoms with van der Waals surface area (Å²) in [7, 11) is -1.93. The number of carbonyl (C=O) groups excluding carboxylic acids is 1. The number of halogens is 1. The second-order valence-corrected chi connectivity index (χ2v) is 6.06. The fraction of sp³-hybridized carbons (Fsp3) is 0.364. The molecule has 7 heteroatoms. The highest BCUT2D eigenvalue weighted by atomic mass is 35.5. The Morgan fingerprint density at radius 3 is 2.67 bits per heavy atom. The monoisotopic (exact) mass is 291 g/mol. The van der Waals surface area contributed by atoms with Gasteiger partial charge in [0.1, 0.15) is 0 Å². The van der Waals surface area contributed by atoms with Crippen LogP contribution >= 0.6 is 11.6 Å². The zero-order chi connectivity index (χ0) is 13.8. The van der Waals surface area contributed by atoms with Crippen molar-refractivity contribution in [3.05, 3.63) is 28.8 Å². The third-order valence-corrected chi connectivity index (χ3v) is 3.76. The molecule has 0 spiro atoms. The summed E-state index contributed by atoms with van der Waals surface area (Å²) >= 11 is 5.78. The quantitative estimate of drug-likeness (QED) is 0.825. The highest BCUT2D eigenvalue weighted by Gasteiger charge is 2.15. The zero-order valence-electron chi connectivity index (χ0n) is 10.1. The molecular formula is C11H14ClNO4S. The van der Waals surface area contributed by atoms with Crippen molar-refractivity contribution < 1.29 is 17.9 Å². The van der Waals surface area contributed by atoms with Gasteiger partial charge in [-0.1, -0.05) is 11.6 Å². The summed E-state index contributed by atoms with van der Waals surface area (Å²) in [4.78, 5) is 11.7. The molecule has 0 fully saturated rings. The molecule has 0 aliphatic carbocycles. The molecule has 0 aliphatic heterocycles. The average molecular weight is 292 g/mol. The number of rotatable bonds is 5. The van der Waals surface area contributed by atoms with Crippen molar-refractivity contribution in [1.82, 2.24) is 5.32 Å². The van der Waals surface area contributed by atoms with Gasteiger partial charge in [0.2, 0.25) is 0 Å². The highest BCUT2D eigenvalue weighted by molar-refractivity contribution is 7.90. The lowest BCUT2D eigenvalue weighted by Crippen LogP contribution is -2.27. The van der Waals surface area contributed by atoms with Crippen molar-refractivity contribution in [3.63, 3.8) is 0 Å². The first-order chi connectivity index (χ1) is 8.36. The Kier molecular flexibility index (Phi) is 5.13. The van der Waals surface area contributed by atoms with E-state index >= 15 is 0 Å². The molecule has 1 amide bonds. The Hall–Kier alpha value is -1.11. The van der Waals surface area contributed by atoms with Crippen LogP contribution in [0, 0.1) is 0 Å². The fourth-order valence-corrected chi connectivity index (χ4v) is 2.60. The molecule has 100 valence electrons. The van der Waals surface area contributed by atoms with Gasteiger partial charge in [0.25, 0.3) is 5.91 Å². The first-order valence-corrected chi connectivity index (χ1v) is 7.40. The molecule has 5 nitrogen and oxygen atoms in total. The molecule has 1 rings (SSSR count). The van der Waals surface area contributed by atoms with E-state index in [0.29, 0.717) is 13.2 Å². The molecule has 0 saturated heterocycles. The summed E-state index contributed by atoms with van der Waals surface area (Å²) in [6, 6.07) is 4.13. The van der Waals surface area contributed by atoms with Crippen LogP contribution in [0.25, 0.3) is 0 Å². The number of benzene rings is 1. The van der Waals surface area contributed by atoms with Crippen LogP contribution in [0.4, 0.5) is 0 Å². The Bertz CT molecular complexity index is 542. The van der Waals surface area contributed by atoms with Gasteiger partial charge in [-0.3, -0.25) is 4.79 Å². The molecule has 0 radical (unpaired) electrons. The number of carbonyl (C=O) groups is 1. The molecule has 1 N–H and O–H groups in total. The minimum absolute atomic E-state index is 0.0523. The highest BCUT2D eigenvalue weighted by Crippen LogP contribution is 2.22. The van der Waals surface area contributed by atoms with Crippen LogP contribution in [-0.4, -0.2) is 40.8 Å². The first kappa shape index (κ1) is 14.9. The molecule has 0 atom stereocenters. The number of hydrogen-bond donors (Lipinski definition) is 1. The van der Waals surface area contributed by atoms with Crippen LogP contribution in [0.15, 0.2) is 23.1 Å². The number of ether oxygens (including phenoxy) is 1. The van der Waals surface area contributed by atoms with Crippen LogP contribution in [-0.2, 0) is 14.6 Å². The second-order valence-electron chi connectivity index (χ2n) is 3.67. The molecule has 0 unspecified atom stereocenters. The Morgan fingerprint density at radius 1 is 1.44 bits per heavy atom. The van der Waals surface area contributed by atoms with E-state index in [1.807, 2.05) is 0 Å². The molecule has 0 aliphatic rings. The van der Waals surface area contributed by atoms with Gasteiger partial charge in [-0.15, -0.1) is 0 Å². The number of sulfone groups is 1. The Morgan fingerprint density at radius 2 is 2.11 bits per heavy atom. The van der Waals surface area contributed by atoms with Crippen LogP contribution in [0.2, 0.25) is 5.02 Å². The zero-order valence-corrected chi connectivity index (χ0v) is 11.6. The van der Waals surface area contributed by atoms with Crippen molar-refractivity contribution >= 4 is 27.3 Å². The molecule has 1 aromatic carbocycles. The van der Waals surface area contributed by atoms with Crippen molar-refractivity contribution in [2.75, 3.05) is 26.5 Å². The summed E-state index contributed by atoms with van der Waals surface area (Å²) in [5.74, 6) is -0.367. The van der Waals surface area contributed by atoms with E-state index in [1.54, 1.807) is 0 Å². The Labute approximate surface area is 111 Å². The average Bonchev–Trinajstić information content (AvgIpc) is 2.28.